The molecule has 0 aromatic rings. The molecule has 1 heterocycles. The molecule has 2 nitrogen and oxygen atoms in total. The predicted octanol–water partition coefficient (Wildman–Crippen LogP) is 0.552. The van der Waals surface area contributed by atoms with Gasteiger partial charge in [-0.25, -0.2) is 0 Å². The fourth-order valence-corrected chi connectivity index (χ4v) is 0.986. The van der Waals surface area contributed by atoms with E-state index >= 15 is 0 Å². The van der Waals surface area contributed by atoms with Crippen LogP contribution in [0.5, 0.6) is 0 Å². The van der Waals surface area contributed by atoms with E-state index in [-0.39, 0.29) is 0 Å². The van der Waals surface area contributed by atoms with Gasteiger partial charge in [-0.1, -0.05) is 6.08 Å². The third-order valence-corrected chi connectivity index (χ3v) is 1.49. The molecular formula is C7H13NO. The molecule has 9 heavy (non-hydrogen) atoms. The van der Waals surface area contributed by atoms with Crippen LogP contribution in [-0.4, -0.2) is 26.8 Å². The Kier molecular flexibility index (Phi) is 2.74. The van der Waals surface area contributed by atoms with E-state index < -0.39 is 0 Å². The van der Waals surface area contributed by atoms with Crippen LogP contribution in [0.25, 0.3) is 0 Å². The van der Waals surface area contributed by atoms with Crippen molar-refractivity contribution in [1.82, 2.24) is 5.32 Å². The second-order valence-electron chi connectivity index (χ2n) is 2.25. The Bertz CT molecular complexity index is 109. The highest BCUT2D eigenvalue weighted by molar-refractivity contribution is 5.06. The van der Waals surface area contributed by atoms with Crippen molar-refractivity contribution < 1.29 is 4.74 Å². The Balaban J connectivity index is 2.28. The summed E-state index contributed by atoms with van der Waals surface area (Å²) in [6.45, 7) is 2.93. The van der Waals surface area contributed by atoms with Crippen LogP contribution >= 0.6 is 0 Å². The van der Waals surface area contributed by atoms with E-state index in [1.54, 1.807) is 7.11 Å². The largest absolute Gasteiger partial charge is 0.380 e. The fraction of sp³-hybridized carbons (Fsp3) is 0.714. The van der Waals surface area contributed by atoms with Crippen LogP contribution in [0.3, 0.4) is 0 Å². The minimum atomic E-state index is 0.807. The molecule has 0 aromatic heterocycles. The molecule has 0 radical (unpaired) electrons. The number of hydrogen-bond donors (Lipinski definition) is 1. The summed E-state index contributed by atoms with van der Waals surface area (Å²) in [4.78, 5) is 0. The van der Waals surface area contributed by atoms with E-state index in [4.69, 9.17) is 4.74 Å². The molecule has 0 fully saturated rings. The van der Waals surface area contributed by atoms with Crippen molar-refractivity contribution in [3.8, 4) is 0 Å². The lowest BCUT2D eigenvalue weighted by molar-refractivity contribution is 0.221. The lowest BCUT2D eigenvalue weighted by atomic mass is 10.1. The first-order valence-corrected chi connectivity index (χ1v) is 3.31. The summed E-state index contributed by atoms with van der Waals surface area (Å²) in [6.07, 6.45) is 3.35. The van der Waals surface area contributed by atoms with Gasteiger partial charge in [-0.05, 0) is 18.5 Å². The zero-order valence-corrected chi connectivity index (χ0v) is 5.81. The van der Waals surface area contributed by atoms with Crippen molar-refractivity contribution in [3.63, 3.8) is 0 Å². The number of rotatable bonds is 2. The number of nitrogens with one attached hydrogen (secondary N) is 1. The molecule has 0 bridgehead atoms. The standard InChI is InChI=1S/C7H13NO/c1-9-6-7-2-4-8-5-3-7/h2,8H,3-6H2,1H3. The summed E-state index contributed by atoms with van der Waals surface area (Å²) in [7, 11) is 1.74. The molecular weight excluding hydrogens is 114 g/mol. The van der Waals surface area contributed by atoms with Crippen LogP contribution in [-0.2, 0) is 4.74 Å². The average molecular weight is 127 g/mol. The van der Waals surface area contributed by atoms with Gasteiger partial charge in [0.25, 0.3) is 0 Å². The van der Waals surface area contributed by atoms with Crippen LogP contribution in [0.2, 0.25) is 0 Å². The maximum atomic E-state index is 4.99. The van der Waals surface area contributed by atoms with E-state index in [1.165, 1.54) is 5.57 Å². The average Bonchev–Trinajstić information content (AvgIpc) is 1.91. The second kappa shape index (κ2) is 3.64. The van der Waals surface area contributed by atoms with Gasteiger partial charge in [0, 0.05) is 13.7 Å². The zero-order chi connectivity index (χ0) is 6.53. The Morgan fingerprint density at radius 1 is 1.78 bits per heavy atom. The normalized spacial score (nSPS) is 19.4. The van der Waals surface area contributed by atoms with Crippen LogP contribution in [0.1, 0.15) is 6.42 Å². The predicted molar refractivity (Wildman–Crippen MR) is 37.4 cm³/mol. The first-order valence-electron chi connectivity index (χ1n) is 3.31. The molecule has 1 N–H and O–H groups in total. The van der Waals surface area contributed by atoms with Crippen molar-refractivity contribution >= 4 is 0 Å². The van der Waals surface area contributed by atoms with Crippen molar-refractivity contribution in [2.24, 2.45) is 0 Å². The van der Waals surface area contributed by atoms with Gasteiger partial charge in [0.2, 0.25) is 0 Å². The van der Waals surface area contributed by atoms with Crippen LogP contribution in [0.4, 0.5) is 0 Å². The molecule has 1 aliphatic rings. The van der Waals surface area contributed by atoms with E-state index in [2.05, 4.69) is 11.4 Å². The van der Waals surface area contributed by atoms with Crippen LogP contribution in [0.15, 0.2) is 11.6 Å². The lowest BCUT2D eigenvalue weighted by Gasteiger charge is -2.12. The Morgan fingerprint density at radius 3 is 3.22 bits per heavy atom. The highest BCUT2D eigenvalue weighted by atomic mass is 16.5. The minimum Gasteiger partial charge on any atom is -0.380 e. The molecule has 0 unspecified atom stereocenters. The SMILES string of the molecule is COCC1=CCNCC1. The summed E-state index contributed by atoms with van der Waals surface area (Å²) in [6, 6.07) is 0. The van der Waals surface area contributed by atoms with Crippen molar-refractivity contribution in [2.75, 3.05) is 26.8 Å². The second-order valence-corrected chi connectivity index (χ2v) is 2.25. The number of hydrogen-bond acceptors (Lipinski definition) is 2. The summed E-state index contributed by atoms with van der Waals surface area (Å²) in [5, 5.41) is 3.24. The van der Waals surface area contributed by atoms with Gasteiger partial charge < -0.3 is 10.1 Å². The van der Waals surface area contributed by atoms with Crippen molar-refractivity contribution in [1.29, 1.82) is 0 Å². The van der Waals surface area contributed by atoms with Gasteiger partial charge in [-0.15, -0.1) is 0 Å². The summed E-state index contributed by atoms with van der Waals surface area (Å²) in [5.74, 6) is 0. The quantitative estimate of drug-likeness (QED) is 0.547. The third kappa shape index (κ3) is 2.16. The van der Waals surface area contributed by atoms with Gasteiger partial charge >= 0.3 is 0 Å². The highest BCUT2D eigenvalue weighted by Crippen LogP contribution is 2.02. The summed E-state index contributed by atoms with van der Waals surface area (Å²) in [5.41, 5.74) is 1.43. The molecule has 0 amide bonds. The van der Waals surface area contributed by atoms with E-state index in [1.807, 2.05) is 0 Å². The Labute approximate surface area is 55.9 Å². The number of ether oxygens (including phenoxy) is 1. The topological polar surface area (TPSA) is 21.3 Å². The van der Waals surface area contributed by atoms with Gasteiger partial charge in [-0.2, -0.15) is 0 Å². The first kappa shape index (κ1) is 6.78. The van der Waals surface area contributed by atoms with E-state index in [9.17, 15) is 0 Å². The van der Waals surface area contributed by atoms with Gasteiger partial charge in [0.15, 0.2) is 0 Å². The molecule has 1 rings (SSSR count). The van der Waals surface area contributed by atoms with E-state index in [0.717, 1.165) is 26.1 Å². The van der Waals surface area contributed by atoms with Gasteiger partial charge in [-0.3, -0.25) is 0 Å². The fourth-order valence-electron chi connectivity index (χ4n) is 0.986. The first-order chi connectivity index (χ1) is 4.43. The minimum absolute atomic E-state index is 0.807. The van der Waals surface area contributed by atoms with Gasteiger partial charge in [0.1, 0.15) is 0 Å². The molecule has 0 aromatic carbocycles. The monoisotopic (exact) mass is 127 g/mol. The maximum absolute atomic E-state index is 4.99. The molecule has 0 spiro atoms. The van der Waals surface area contributed by atoms with Crippen LogP contribution in [0, 0.1) is 0 Å². The lowest BCUT2D eigenvalue weighted by Crippen LogP contribution is -2.21. The number of methoxy groups -OCH3 is 1. The molecule has 0 aliphatic carbocycles. The maximum Gasteiger partial charge on any atom is 0.0673 e. The third-order valence-electron chi connectivity index (χ3n) is 1.49. The molecule has 2 heteroatoms. The van der Waals surface area contributed by atoms with Crippen molar-refractivity contribution in [2.45, 2.75) is 6.42 Å². The zero-order valence-electron chi connectivity index (χ0n) is 5.81. The summed E-state index contributed by atoms with van der Waals surface area (Å²) >= 11 is 0. The van der Waals surface area contributed by atoms with E-state index in [0.29, 0.717) is 0 Å². The summed E-state index contributed by atoms with van der Waals surface area (Å²) < 4.78 is 4.99. The smallest absolute Gasteiger partial charge is 0.0673 e. The molecule has 0 saturated carbocycles. The highest BCUT2D eigenvalue weighted by Gasteiger charge is 2.00. The molecule has 52 valence electrons. The Morgan fingerprint density at radius 2 is 2.67 bits per heavy atom. The van der Waals surface area contributed by atoms with Gasteiger partial charge in [0.05, 0.1) is 6.61 Å². The van der Waals surface area contributed by atoms with Crippen LogP contribution < -0.4 is 5.32 Å². The molecule has 1 aliphatic heterocycles. The molecule has 0 atom stereocenters. The Hall–Kier alpha value is -0.340. The molecule has 0 saturated heterocycles. The van der Waals surface area contributed by atoms with Crippen molar-refractivity contribution in [3.05, 3.63) is 11.6 Å².